The van der Waals surface area contributed by atoms with Crippen molar-refractivity contribution >= 4 is 21.9 Å². The molecule has 0 saturated carbocycles. The molecule has 0 bridgehead atoms. The Morgan fingerprint density at radius 1 is 1.09 bits per heavy atom. The summed E-state index contributed by atoms with van der Waals surface area (Å²) < 4.78 is 11.0. The van der Waals surface area contributed by atoms with E-state index in [-0.39, 0.29) is 0 Å². The third kappa shape index (κ3) is 2.80. The van der Waals surface area contributed by atoms with Crippen LogP contribution in [0.1, 0.15) is 10.4 Å². The number of carbonyl (C=O) groups excluding carboxylic acids is 1. The molecule has 4 nitrogen and oxygen atoms in total. The van der Waals surface area contributed by atoms with E-state index in [1.165, 1.54) is 7.11 Å². The summed E-state index contributed by atoms with van der Waals surface area (Å²) in [5, 5.41) is 0. The molecule has 0 radical (unpaired) electrons. The zero-order valence-corrected chi connectivity index (χ0v) is 13.3. The van der Waals surface area contributed by atoms with E-state index in [1.807, 2.05) is 36.4 Å². The molecule has 3 aromatic rings. The smallest absolute Gasteiger partial charge is 0.337 e. The Hall–Kier alpha value is -2.40. The fraction of sp³-hybridized carbons (Fsp3) is 0.0588. The number of carbonyl (C=O) groups is 1. The molecule has 0 N–H and O–H groups in total. The Morgan fingerprint density at radius 3 is 2.55 bits per heavy atom. The molecule has 5 heteroatoms. The first-order chi connectivity index (χ1) is 10.7. The number of oxazole rings is 1. The number of hydrogen-bond acceptors (Lipinski definition) is 4. The Kier molecular flexibility index (Phi) is 4.06. The number of ether oxygens (including phenoxy) is 1. The first kappa shape index (κ1) is 14.5. The number of esters is 1. The number of nitrogens with zero attached hydrogens (tertiary/aromatic N) is 1. The Morgan fingerprint density at radius 2 is 1.82 bits per heavy atom. The molecular weight excluding hydrogens is 346 g/mol. The summed E-state index contributed by atoms with van der Waals surface area (Å²) in [6.07, 6.45) is 0. The van der Waals surface area contributed by atoms with Gasteiger partial charge in [-0.25, -0.2) is 9.78 Å². The van der Waals surface area contributed by atoms with Crippen molar-refractivity contribution in [3.8, 4) is 22.7 Å². The van der Waals surface area contributed by atoms with Crippen molar-refractivity contribution in [3.05, 3.63) is 64.8 Å². The molecule has 1 aromatic heterocycles. The average Bonchev–Trinajstić information content (AvgIpc) is 2.97. The van der Waals surface area contributed by atoms with Gasteiger partial charge in [0.2, 0.25) is 5.89 Å². The van der Waals surface area contributed by atoms with Gasteiger partial charge in [-0.05, 0) is 34.1 Å². The van der Waals surface area contributed by atoms with E-state index in [0.717, 1.165) is 11.3 Å². The molecule has 3 rings (SSSR count). The molecule has 22 heavy (non-hydrogen) atoms. The summed E-state index contributed by atoms with van der Waals surface area (Å²) in [5.74, 6) is 0.0484. The minimum Gasteiger partial charge on any atom is -0.465 e. The average molecular weight is 358 g/mol. The van der Waals surface area contributed by atoms with Crippen LogP contribution in [0.5, 0.6) is 0 Å². The van der Waals surface area contributed by atoms with E-state index in [4.69, 9.17) is 9.15 Å². The molecule has 0 aliphatic rings. The number of methoxy groups -OCH3 is 1. The molecule has 2 aromatic carbocycles. The first-order valence-corrected chi connectivity index (χ1v) is 7.39. The third-order valence-corrected chi connectivity index (χ3v) is 3.70. The van der Waals surface area contributed by atoms with Gasteiger partial charge in [0.05, 0.1) is 12.7 Å². The second kappa shape index (κ2) is 6.15. The molecule has 110 valence electrons. The number of hydrogen-bond donors (Lipinski definition) is 0. The highest BCUT2D eigenvalue weighted by Crippen LogP contribution is 2.32. The fourth-order valence-electron chi connectivity index (χ4n) is 2.10. The molecular formula is C17H12BrNO3. The summed E-state index contributed by atoms with van der Waals surface area (Å²) >= 11 is 3.39. The molecule has 0 unspecified atom stereocenters. The van der Waals surface area contributed by atoms with Crippen LogP contribution in [0.15, 0.2) is 63.7 Å². The third-order valence-electron chi connectivity index (χ3n) is 3.16. The van der Waals surface area contributed by atoms with Crippen LogP contribution in [-0.2, 0) is 4.74 Å². The van der Waals surface area contributed by atoms with Gasteiger partial charge in [0.15, 0.2) is 4.67 Å². The van der Waals surface area contributed by atoms with Crippen molar-refractivity contribution in [1.29, 1.82) is 0 Å². The highest BCUT2D eigenvalue weighted by atomic mass is 79.9. The van der Waals surface area contributed by atoms with Crippen LogP contribution >= 0.6 is 15.9 Å². The van der Waals surface area contributed by atoms with Crippen LogP contribution in [-0.4, -0.2) is 18.1 Å². The van der Waals surface area contributed by atoms with Crippen LogP contribution < -0.4 is 0 Å². The molecule has 0 fully saturated rings. The maximum absolute atomic E-state index is 11.6. The molecule has 0 aliphatic carbocycles. The maximum atomic E-state index is 11.6. The first-order valence-electron chi connectivity index (χ1n) is 6.59. The lowest BCUT2D eigenvalue weighted by Crippen LogP contribution is -2.00. The highest BCUT2D eigenvalue weighted by molar-refractivity contribution is 9.10. The predicted molar refractivity (Wildman–Crippen MR) is 86.4 cm³/mol. The van der Waals surface area contributed by atoms with Gasteiger partial charge in [0.1, 0.15) is 5.69 Å². The van der Waals surface area contributed by atoms with E-state index in [2.05, 4.69) is 20.9 Å². The second-order valence-corrected chi connectivity index (χ2v) is 5.30. The lowest BCUT2D eigenvalue weighted by Gasteiger charge is -2.00. The Labute approximate surface area is 135 Å². The van der Waals surface area contributed by atoms with Gasteiger partial charge in [-0.15, -0.1) is 0 Å². The van der Waals surface area contributed by atoms with Crippen molar-refractivity contribution < 1.29 is 13.9 Å². The summed E-state index contributed by atoms with van der Waals surface area (Å²) in [6.45, 7) is 0. The SMILES string of the molecule is COC(=O)c1cccc(-c2nc(-c3ccccc3)c(Br)o2)c1. The molecule has 0 atom stereocenters. The number of halogens is 1. The quantitative estimate of drug-likeness (QED) is 0.644. The van der Waals surface area contributed by atoms with Gasteiger partial charge in [0.25, 0.3) is 0 Å². The number of aromatic nitrogens is 1. The molecule has 0 saturated heterocycles. The van der Waals surface area contributed by atoms with Gasteiger partial charge in [-0.1, -0.05) is 36.4 Å². The van der Waals surface area contributed by atoms with Crippen LogP contribution in [0.2, 0.25) is 0 Å². The predicted octanol–water partition coefficient (Wildman–Crippen LogP) is 4.56. The van der Waals surface area contributed by atoms with Gasteiger partial charge in [-0.2, -0.15) is 0 Å². The van der Waals surface area contributed by atoms with Crippen molar-refractivity contribution in [3.63, 3.8) is 0 Å². The minimum absolute atomic E-state index is 0.393. The number of benzene rings is 2. The number of rotatable bonds is 3. The summed E-state index contributed by atoms with van der Waals surface area (Å²) in [5.41, 5.74) is 2.84. The van der Waals surface area contributed by atoms with Gasteiger partial charge < -0.3 is 9.15 Å². The van der Waals surface area contributed by atoms with Crippen LogP contribution in [0.4, 0.5) is 0 Å². The van der Waals surface area contributed by atoms with Crippen molar-refractivity contribution in [2.45, 2.75) is 0 Å². The van der Waals surface area contributed by atoms with E-state index < -0.39 is 5.97 Å². The summed E-state index contributed by atoms with van der Waals surface area (Å²) in [4.78, 5) is 16.1. The standard InChI is InChI=1S/C17H12BrNO3/c1-21-17(20)13-9-5-8-12(10-13)16-19-14(15(18)22-16)11-6-3-2-4-7-11/h2-10H,1H3. The summed E-state index contributed by atoms with van der Waals surface area (Å²) in [6, 6.07) is 16.7. The lowest BCUT2D eigenvalue weighted by molar-refractivity contribution is 0.0601. The second-order valence-electron chi connectivity index (χ2n) is 4.58. The molecule has 0 spiro atoms. The van der Waals surface area contributed by atoms with Crippen molar-refractivity contribution in [1.82, 2.24) is 4.98 Å². The van der Waals surface area contributed by atoms with Gasteiger partial charge >= 0.3 is 5.97 Å². The lowest BCUT2D eigenvalue weighted by atomic mass is 10.1. The van der Waals surface area contributed by atoms with Crippen molar-refractivity contribution in [2.75, 3.05) is 7.11 Å². The maximum Gasteiger partial charge on any atom is 0.337 e. The topological polar surface area (TPSA) is 52.3 Å². The Balaban J connectivity index is 2.02. The zero-order chi connectivity index (χ0) is 15.5. The molecule has 0 aliphatic heterocycles. The van der Waals surface area contributed by atoms with Crippen molar-refractivity contribution in [2.24, 2.45) is 0 Å². The normalized spacial score (nSPS) is 10.5. The molecule has 0 amide bonds. The zero-order valence-electron chi connectivity index (χ0n) is 11.7. The van der Waals surface area contributed by atoms with Crippen LogP contribution in [0.25, 0.3) is 22.7 Å². The summed E-state index contributed by atoms with van der Waals surface area (Å²) in [7, 11) is 1.35. The minimum atomic E-state index is -0.393. The van der Waals surface area contributed by atoms with E-state index in [0.29, 0.717) is 21.7 Å². The largest absolute Gasteiger partial charge is 0.465 e. The monoisotopic (exact) mass is 357 g/mol. The van der Waals surface area contributed by atoms with Gasteiger partial charge in [0, 0.05) is 11.1 Å². The van der Waals surface area contributed by atoms with E-state index >= 15 is 0 Å². The van der Waals surface area contributed by atoms with E-state index in [1.54, 1.807) is 18.2 Å². The fourth-order valence-corrected chi connectivity index (χ4v) is 2.57. The van der Waals surface area contributed by atoms with E-state index in [9.17, 15) is 4.79 Å². The van der Waals surface area contributed by atoms with Crippen LogP contribution in [0.3, 0.4) is 0 Å². The van der Waals surface area contributed by atoms with Gasteiger partial charge in [-0.3, -0.25) is 0 Å². The van der Waals surface area contributed by atoms with Crippen LogP contribution in [0, 0.1) is 0 Å². The highest BCUT2D eigenvalue weighted by Gasteiger charge is 2.15. The Bertz CT molecular complexity index is 812. The molecule has 1 heterocycles.